The highest BCUT2D eigenvalue weighted by molar-refractivity contribution is 7.15. The highest BCUT2D eigenvalue weighted by Gasteiger charge is 2.17. The number of aliphatic hydroxyl groups excluding tert-OH is 1. The van der Waals surface area contributed by atoms with Gasteiger partial charge in [-0.1, -0.05) is 12.1 Å². The minimum Gasteiger partial charge on any atom is -0.390 e. The van der Waals surface area contributed by atoms with E-state index in [4.69, 9.17) is 15.7 Å². The van der Waals surface area contributed by atoms with Gasteiger partial charge in [-0.05, 0) is 56.8 Å². The minimum atomic E-state index is -0.126. The fourth-order valence-electron chi connectivity index (χ4n) is 3.82. The maximum atomic E-state index is 9.54. The fourth-order valence-corrected chi connectivity index (χ4v) is 4.77. The van der Waals surface area contributed by atoms with Gasteiger partial charge in [0.15, 0.2) is 5.82 Å². The van der Waals surface area contributed by atoms with Gasteiger partial charge in [0.25, 0.3) is 0 Å². The molecule has 0 aliphatic rings. The second kappa shape index (κ2) is 8.82. The first-order chi connectivity index (χ1) is 16.1. The van der Waals surface area contributed by atoms with E-state index in [0.717, 1.165) is 50.5 Å². The van der Waals surface area contributed by atoms with E-state index in [0.29, 0.717) is 18.1 Å². The predicted molar refractivity (Wildman–Crippen MR) is 131 cm³/mol. The van der Waals surface area contributed by atoms with Crippen LogP contribution in [0.3, 0.4) is 0 Å². The Morgan fingerprint density at radius 1 is 1.00 bits per heavy atom. The Bertz CT molecular complexity index is 1440. The number of rotatable bonds is 6. The van der Waals surface area contributed by atoms with E-state index in [1.807, 2.05) is 43.5 Å². The van der Waals surface area contributed by atoms with Crippen molar-refractivity contribution in [2.24, 2.45) is 5.73 Å². The molecule has 5 aromatic rings. The molecule has 7 nitrogen and oxygen atoms in total. The topological polar surface area (TPSA) is 103 Å². The van der Waals surface area contributed by atoms with Crippen LogP contribution in [0.4, 0.5) is 0 Å². The van der Waals surface area contributed by atoms with Gasteiger partial charge in [-0.15, -0.1) is 11.3 Å². The highest BCUT2D eigenvalue weighted by Crippen LogP contribution is 2.37. The van der Waals surface area contributed by atoms with E-state index in [-0.39, 0.29) is 6.61 Å². The van der Waals surface area contributed by atoms with E-state index in [1.165, 1.54) is 4.88 Å². The molecule has 166 valence electrons. The zero-order valence-corrected chi connectivity index (χ0v) is 19.3. The lowest BCUT2D eigenvalue weighted by molar-refractivity contribution is 0.276. The zero-order valence-electron chi connectivity index (χ0n) is 18.5. The third kappa shape index (κ3) is 4.04. The summed E-state index contributed by atoms with van der Waals surface area (Å²) in [5.74, 6) is 0.649. The number of aliphatic hydroxyl groups is 1. The summed E-state index contributed by atoms with van der Waals surface area (Å²) in [6, 6.07) is 15.8. The second-order valence-electron chi connectivity index (χ2n) is 7.87. The fraction of sp³-hybridized carbons (Fsp3) is 0.200. The van der Waals surface area contributed by atoms with Crippen molar-refractivity contribution in [3.8, 4) is 27.6 Å². The molecule has 0 fully saturated rings. The van der Waals surface area contributed by atoms with Crippen LogP contribution in [-0.2, 0) is 13.0 Å². The molecule has 4 aromatic heterocycles. The summed E-state index contributed by atoms with van der Waals surface area (Å²) in [5.41, 5.74) is 12.1. The Morgan fingerprint density at radius 2 is 1.82 bits per heavy atom. The number of hydrogen-bond donors (Lipinski definition) is 2. The van der Waals surface area contributed by atoms with Crippen molar-refractivity contribution in [3.63, 3.8) is 0 Å². The molecule has 33 heavy (non-hydrogen) atoms. The molecule has 0 spiro atoms. The van der Waals surface area contributed by atoms with E-state index in [2.05, 4.69) is 29.1 Å². The van der Waals surface area contributed by atoms with Gasteiger partial charge in [0.05, 0.1) is 35.4 Å². The van der Waals surface area contributed by atoms with Crippen LogP contribution in [0.1, 0.15) is 22.0 Å². The molecule has 0 aliphatic carbocycles. The first kappa shape index (κ1) is 21.4. The Labute approximate surface area is 195 Å². The van der Waals surface area contributed by atoms with Crippen LogP contribution < -0.4 is 5.73 Å². The number of nitrogens with two attached hydrogens (primary N) is 1. The monoisotopic (exact) mass is 456 g/mol. The maximum Gasteiger partial charge on any atom is 0.154 e. The zero-order chi connectivity index (χ0) is 22.9. The Balaban J connectivity index is 1.76. The normalized spacial score (nSPS) is 11.4. The number of thiazole rings is 1. The third-order valence-corrected chi connectivity index (χ3v) is 6.73. The Morgan fingerprint density at radius 3 is 2.58 bits per heavy atom. The van der Waals surface area contributed by atoms with Crippen molar-refractivity contribution in [3.05, 3.63) is 76.7 Å². The molecular weight excluding hydrogens is 432 g/mol. The molecule has 0 atom stereocenters. The summed E-state index contributed by atoms with van der Waals surface area (Å²) in [7, 11) is 0. The summed E-state index contributed by atoms with van der Waals surface area (Å²) in [6.45, 7) is 4.54. The number of nitrogens with zero attached hydrogens (tertiary/aromatic N) is 5. The second-order valence-corrected chi connectivity index (χ2v) is 9.07. The van der Waals surface area contributed by atoms with Gasteiger partial charge in [-0.2, -0.15) is 5.10 Å². The Kier molecular flexibility index (Phi) is 5.72. The van der Waals surface area contributed by atoms with Crippen molar-refractivity contribution < 1.29 is 5.11 Å². The van der Waals surface area contributed by atoms with Crippen molar-refractivity contribution in [1.29, 1.82) is 0 Å². The molecular formula is C25H24N6OS. The van der Waals surface area contributed by atoms with E-state index >= 15 is 0 Å². The largest absolute Gasteiger partial charge is 0.390 e. The van der Waals surface area contributed by atoms with Crippen LogP contribution in [-0.4, -0.2) is 36.4 Å². The lowest BCUT2D eigenvalue weighted by atomic mass is 10.0. The third-order valence-electron chi connectivity index (χ3n) is 5.62. The predicted octanol–water partition coefficient (Wildman–Crippen LogP) is 4.22. The molecule has 5 rings (SSSR count). The standard InChI is InChI=1S/C25H24N6OS/c1-15-16(2)33-25(28-15)20-11-17(22-7-3-5-18(29-22)9-10-26)12-23-21(20)13-27-31(23)24-8-4-6-19(14-32)30-24/h3-8,11-13,32H,9-10,14,26H2,1-2H3. The lowest BCUT2D eigenvalue weighted by Crippen LogP contribution is -2.04. The van der Waals surface area contributed by atoms with Gasteiger partial charge in [-0.25, -0.2) is 14.6 Å². The number of pyridine rings is 2. The van der Waals surface area contributed by atoms with Gasteiger partial charge in [-0.3, -0.25) is 4.98 Å². The van der Waals surface area contributed by atoms with Crippen LogP contribution in [0, 0.1) is 13.8 Å². The van der Waals surface area contributed by atoms with E-state index in [9.17, 15) is 5.11 Å². The van der Waals surface area contributed by atoms with Crippen molar-refractivity contribution in [2.75, 3.05) is 6.54 Å². The number of aromatic nitrogens is 5. The molecule has 0 bridgehead atoms. The summed E-state index contributed by atoms with van der Waals surface area (Å²) in [6.07, 6.45) is 2.58. The molecule has 1 aromatic carbocycles. The Hall–Kier alpha value is -3.46. The van der Waals surface area contributed by atoms with Crippen molar-refractivity contribution >= 4 is 22.2 Å². The van der Waals surface area contributed by atoms with E-state index < -0.39 is 0 Å². The summed E-state index contributed by atoms with van der Waals surface area (Å²) >= 11 is 1.67. The maximum absolute atomic E-state index is 9.54. The number of hydrogen-bond acceptors (Lipinski definition) is 7. The average Bonchev–Trinajstić information content (AvgIpc) is 3.42. The molecule has 4 heterocycles. The first-order valence-corrected chi connectivity index (χ1v) is 11.6. The number of aryl methyl sites for hydroxylation is 2. The quantitative estimate of drug-likeness (QED) is 0.397. The highest BCUT2D eigenvalue weighted by atomic mass is 32.1. The molecule has 0 aliphatic heterocycles. The summed E-state index contributed by atoms with van der Waals surface area (Å²) in [4.78, 5) is 15.4. The first-order valence-electron chi connectivity index (χ1n) is 10.8. The van der Waals surface area contributed by atoms with Gasteiger partial charge in [0.1, 0.15) is 5.01 Å². The SMILES string of the molecule is Cc1nc(-c2cc(-c3cccc(CCN)n3)cc3c2cnn3-c2cccc(CO)n2)sc1C. The summed E-state index contributed by atoms with van der Waals surface area (Å²) in [5, 5.41) is 16.1. The van der Waals surface area contributed by atoms with Crippen LogP contribution in [0.25, 0.3) is 38.5 Å². The van der Waals surface area contributed by atoms with Crippen LogP contribution in [0.5, 0.6) is 0 Å². The molecule has 3 N–H and O–H groups in total. The minimum absolute atomic E-state index is 0.126. The molecule has 0 saturated carbocycles. The van der Waals surface area contributed by atoms with Crippen LogP contribution in [0.15, 0.2) is 54.7 Å². The molecule has 0 radical (unpaired) electrons. The average molecular weight is 457 g/mol. The molecule has 0 amide bonds. The number of benzene rings is 1. The van der Waals surface area contributed by atoms with Crippen LogP contribution >= 0.6 is 11.3 Å². The van der Waals surface area contributed by atoms with Gasteiger partial charge in [0, 0.05) is 33.5 Å². The van der Waals surface area contributed by atoms with E-state index in [1.54, 1.807) is 22.1 Å². The van der Waals surface area contributed by atoms with Gasteiger partial charge >= 0.3 is 0 Å². The van der Waals surface area contributed by atoms with Gasteiger partial charge < -0.3 is 10.8 Å². The number of fused-ring (bicyclic) bond motifs is 1. The lowest BCUT2D eigenvalue weighted by Gasteiger charge is -2.10. The summed E-state index contributed by atoms with van der Waals surface area (Å²) < 4.78 is 1.80. The molecule has 0 unspecified atom stereocenters. The smallest absolute Gasteiger partial charge is 0.154 e. The molecule has 0 saturated heterocycles. The molecule has 8 heteroatoms. The van der Waals surface area contributed by atoms with Crippen LogP contribution in [0.2, 0.25) is 0 Å². The van der Waals surface area contributed by atoms with Gasteiger partial charge in [0.2, 0.25) is 0 Å². The van der Waals surface area contributed by atoms with Crippen molar-refractivity contribution in [1.82, 2.24) is 24.7 Å². The van der Waals surface area contributed by atoms with Crippen molar-refractivity contribution in [2.45, 2.75) is 26.9 Å².